The molecule has 16 heavy (non-hydrogen) atoms. The van der Waals surface area contributed by atoms with Crippen molar-refractivity contribution >= 4 is 37.8 Å². The lowest BCUT2D eigenvalue weighted by Gasteiger charge is -2.05. The first-order chi connectivity index (χ1) is 7.63. The first-order valence-electron chi connectivity index (χ1n) is 4.85. The van der Waals surface area contributed by atoms with Crippen molar-refractivity contribution in [3.63, 3.8) is 0 Å². The number of benzene rings is 1. The minimum absolute atomic E-state index is 0.190. The Hall–Kier alpha value is -0.390. The van der Waals surface area contributed by atoms with Crippen LogP contribution in [0.2, 0.25) is 0 Å². The third-order valence-corrected chi connectivity index (χ3v) is 3.93. The summed E-state index contributed by atoms with van der Waals surface area (Å²) >= 11 is 6.85. The van der Waals surface area contributed by atoms with Crippen LogP contribution in [-0.2, 0) is 16.1 Å². The van der Waals surface area contributed by atoms with Crippen molar-refractivity contribution in [2.45, 2.75) is 13.0 Å². The Bertz CT molecular complexity index is 369. The topological polar surface area (TPSA) is 38.3 Å². The molecule has 0 aromatic heterocycles. The normalized spacial score (nSPS) is 10.2. The summed E-state index contributed by atoms with van der Waals surface area (Å²) < 4.78 is 6.61. The number of ether oxygens (including phenoxy) is 1. The molecule has 0 heterocycles. The average molecular weight is 351 g/mol. The van der Waals surface area contributed by atoms with Crippen LogP contribution < -0.4 is 5.32 Å². The lowest BCUT2D eigenvalue weighted by molar-refractivity contribution is -0.140. The minimum atomic E-state index is -0.190. The fourth-order valence-corrected chi connectivity index (χ4v) is 1.85. The van der Waals surface area contributed by atoms with E-state index in [9.17, 15) is 4.79 Å². The fourth-order valence-electron chi connectivity index (χ4n) is 1.17. The number of rotatable bonds is 5. The van der Waals surface area contributed by atoms with Crippen molar-refractivity contribution in [1.29, 1.82) is 0 Å². The van der Waals surface area contributed by atoms with Crippen LogP contribution in [0, 0.1) is 0 Å². The fraction of sp³-hybridized carbons (Fsp3) is 0.364. The maximum Gasteiger partial charge on any atom is 0.306 e. The van der Waals surface area contributed by atoms with Gasteiger partial charge in [-0.15, -0.1) is 0 Å². The van der Waals surface area contributed by atoms with Gasteiger partial charge in [-0.05, 0) is 49.6 Å². The molecule has 0 amide bonds. The lowest BCUT2D eigenvalue weighted by Crippen LogP contribution is -2.18. The van der Waals surface area contributed by atoms with Crippen molar-refractivity contribution in [3.05, 3.63) is 32.7 Å². The van der Waals surface area contributed by atoms with Crippen LogP contribution in [0.4, 0.5) is 0 Å². The Balaban J connectivity index is 2.32. The molecule has 0 saturated carbocycles. The van der Waals surface area contributed by atoms with Gasteiger partial charge >= 0.3 is 5.97 Å². The first-order valence-corrected chi connectivity index (χ1v) is 6.43. The van der Waals surface area contributed by atoms with Gasteiger partial charge in [-0.25, -0.2) is 0 Å². The summed E-state index contributed by atoms with van der Waals surface area (Å²) in [4.78, 5) is 10.8. The molecule has 0 radical (unpaired) electrons. The quantitative estimate of drug-likeness (QED) is 0.655. The summed E-state index contributed by atoms with van der Waals surface area (Å²) in [5.74, 6) is -0.190. The molecule has 0 aliphatic carbocycles. The molecule has 0 atom stereocenters. The number of halogens is 2. The van der Waals surface area contributed by atoms with Crippen LogP contribution in [0.1, 0.15) is 12.0 Å². The van der Waals surface area contributed by atoms with E-state index in [1.165, 1.54) is 12.7 Å². The van der Waals surface area contributed by atoms with E-state index in [0.717, 1.165) is 15.5 Å². The van der Waals surface area contributed by atoms with Gasteiger partial charge in [0, 0.05) is 22.0 Å². The summed E-state index contributed by atoms with van der Waals surface area (Å²) in [5, 5.41) is 3.18. The van der Waals surface area contributed by atoms with E-state index >= 15 is 0 Å². The molecule has 0 bridgehead atoms. The molecule has 5 heteroatoms. The van der Waals surface area contributed by atoms with E-state index in [2.05, 4.69) is 41.9 Å². The molecule has 0 unspecified atom stereocenters. The molecule has 0 spiro atoms. The third-order valence-electron chi connectivity index (χ3n) is 2.05. The van der Waals surface area contributed by atoms with E-state index in [4.69, 9.17) is 0 Å². The highest BCUT2D eigenvalue weighted by molar-refractivity contribution is 9.13. The number of carbonyl (C=O) groups is 1. The Kier molecular flexibility index (Phi) is 6.01. The number of methoxy groups -OCH3 is 1. The summed E-state index contributed by atoms with van der Waals surface area (Å²) in [7, 11) is 1.40. The van der Waals surface area contributed by atoms with Gasteiger partial charge in [0.2, 0.25) is 0 Å². The van der Waals surface area contributed by atoms with Crippen LogP contribution in [-0.4, -0.2) is 19.6 Å². The maximum atomic E-state index is 10.8. The molecular formula is C11H13Br2NO2. The number of carbonyl (C=O) groups excluding carboxylic acids is 1. The standard InChI is InChI=1S/C11H13Br2NO2/c1-16-11(15)4-5-14-7-8-2-3-9(12)10(13)6-8/h2-3,6,14H,4-5,7H2,1H3. The first kappa shape index (κ1) is 13.7. The van der Waals surface area contributed by atoms with E-state index in [1.807, 2.05) is 18.2 Å². The van der Waals surface area contributed by atoms with Crippen LogP contribution in [0.25, 0.3) is 0 Å². The van der Waals surface area contributed by atoms with Crippen molar-refractivity contribution in [2.24, 2.45) is 0 Å². The van der Waals surface area contributed by atoms with Crippen LogP contribution in [0.5, 0.6) is 0 Å². The smallest absolute Gasteiger partial charge is 0.306 e. The maximum absolute atomic E-state index is 10.8. The second-order valence-electron chi connectivity index (χ2n) is 3.25. The lowest BCUT2D eigenvalue weighted by atomic mass is 10.2. The largest absolute Gasteiger partial charge is 0.469 e. The number of esters is 1. The molecular weight excluding hydrogens is 338 g/mol. The number of hydrogen-bond acceptors (Lipinski definition) is 3. The summed E-state index contributed by atoms with van der Waals surface area (Å²) in [5.41, 5.74) is 1.17. The Morgan fingerprint density at radius 3 is 2.75 bits per heavy atom. The van der Waals surface area contributed by atoms with Gasteiger partial charge in [-0.1, -0.05) is 6.07 Å². The molecule has 3 nitrogen and oxygen atoms in total. The number of nitrogens with one attached hydrogen (secondary N) is 1. The van der Waals surface area contributed by atoms with E-state index in [1.54, 1.807) is 0 Å². The minimum Gasteiger partial charge on any atom is -0.469 e. The Morgan fingerprint density at radius 1 is 1.38 bits per heavy atom. The Labute approximate surface area is 112 Å². The monoisotopic (exact) mass is 349 g/mol. The predicted octanol–water partition coefficient (Wildman–Crippen LogP) is 2.86. The van der Waals surface area contributed by atoms with Gasteiger partial charge in [-0.3, -0.25) is 4.79 Å². The van der Waals surface area contributed by atoms with Gasteiger partial charge in [0.25, 0.3) is 0 Å². The second kappa shape index (κ2) is 7.04. The summed E-state index contributed by atoms with van der Waals surface area (Å²) in [6.07, 6.45) is 0.397. The van der Waals surface area contributed by atoms with E-state index in [0.29, 0.717) is 13.0 Å². The van der Waals surface area contributed by atoms with Gasteiger partial charge in [-0.2, -0.15) is 0 Å². The van der Waals surface area contributed by atoms with Crippen molar-refractivity contribution in [1.82, 2.24) is 5.32 Å². The van der Waals surface area contributed by atoms with Crippen LogP contribution >= 0.6 is 31.9 Å². The molecule has 1 N–H and O–H groups in total. The van der Waals surface area contributed by atoms with Crippen molar-refractivity contribution < 1.29 is 9.53 Å². The second-order valence-corrected chi connectivity index (χ2v) is 4.96. The highest BCUT2D eigenvalue weighted by atomic mass is 79.9. The summed E-state index contributed by atoms with van der Waals surface area (Å²) in [6.45, 7) is 1.36. The SMILES string of the molecule is COC(=O)CCNCc1ccc(Br)c(Br)c1. The molecule has 1 aromatic carbocycles. The van der Waals surface area contributed by atoms with Gasteiger partial charge in [0.1, 0.15) is 0 Å². The highest BCUT2D eigenvalue weighted by Gasteiger charge is 2.00. The summed E-state index contributed by atoms with van der Waals surface area (Å²) in [6, 6.07) is 6.05. The van der Waals surface area contributed by atoms with Crippen LogP contribution in [0.3, 0.4) is 0 Å². The van der Waals surface area contributed by atoms with E-state index < -0.39 is 0 Å². The predicted molar refractivity (Wildman–Crippen MR) is 70.2 cm³/mol. The number of hydrogen-bond donors (Lipinski definition) is 1. The molecule has 0 fully saturated rings. The molecule has 0 aliphatic rings. The zero-order chi connectivity index (χ0) is 12.0. The van der Waals surface area contributed by atoms with Crippen molar-refractivity contribution in [2.75, 3.05) is 13.7 Å². The molecule has 0 aliphatic heterocycles. The Morgan fingerprint density at radius 2 is 2.12 bits per heavy atom. The molecule has 88 valence electrons. The molecule has 1 aromatic rings. The molecule has 1 rings (SSSR count). The van der Waals surface area contributed by atoms with Gasteiger partial charge in [0.05, 0.1) is 13.5 Å². The third kappa shape index (κ3) is 4.63. The van der Waals surface area contributed by atoms with Crippen LogP contribution in [0.15, 0.2) is 27.1 Å². The average Bonchev–Trinajstić information content (AvgIpc) is 2.28. The van der Waals surface area contributed by atoms with E-state index in [-0.39, 0.29) is 5.97 Å². The highest BCUT2D eigenvalue weighted by Crippen LogP contribution is 2.23. The molecule has 0 saturated heterocycles. The zero-order valence-corrected chi connectivity index (χ0v) is 12.1. The zero-order valence-electron chi connectivity index (χ0n) is 8.93. The van der Waals surface area contributed by atoms with Crippen molar-refractivity contribution in [3.8, 4) is 0 Å². The van der Waals surface area contributed by atoms with Gasteiger partial charge in [0.15, 0.2) is 0 Å². The van der Waals surface area contributed by atoms with Gasteiger partial charge < -0.3 is 10.1 Å².